The minimum Gasteiger partial charge on any atom is -0.309 e. The molecule has 3 aromatic heterocycles. The Morgan fingerprint density at radius 3 is 2.86 bits per heavy atom. The van der Waals surface area contributed by atoms with Crippen LogP contribution < -0.4 is 5.32 Å². The van der Waals surface area contributed by atoms with Gasteiger partial charge in [0.05, 0.1) is 16.4 Å². The zero-order chi connectivity index (χ0) is 15.0. The molecular weight excluding hydrogens is 322 g/mol. The first-order chi connectivity index (χ1) is 10.1. The van der Waals surface area contributed by atoms with E-state index < -0.39 is 0 Å². The molecule has 112 valence electrons. The van der Waals surface area contributed by atoms with Gasteiger partial charge in [-0.05, 0) is 31.0 Å². The van der Waals surface area contributed by atoms with E-state index in [2.05, 4.69) is 34.9 Å². The van der Waals surface area contributed by atoms with E-state index in [1.54, 1.807) is 11.3 Å². The SMILES string of the molecule is CCNC(Cc1c(Cl)c(C)nn1C)c1cc2sccc2s1. The number of nitrogens with zero attached hydrogens (tertiary/aromatic N) is 2. The summed E-state index contributed by atoms with van der Waals surface area (Å²) in [6.45, 7) is 5.03. The number of likely N-dealkylation sites (N-methyl/N-ethyl adjacent to an activating group) is 1. The number of rotatable bonds is 5. The molecule has 3 aromatic rings. The predicted molar refractivity (Wildman–Crippen MR) is 92.8 cm³/mol. The lowest BCUT2D eigenvalue weighted by molar-refractivity contribution is 0.536. The Morgan fingerprint density at radius 2 is 2.24 bits per heavy atom. The molecular formula is C15H18ClN3S2. The van der Waals surface area contributed by atoms with Crippen LogP contribution in [0.5, 0.6) is 0 Å². The molecule has 0 saturated carbocycles. The van der Waals surface area contributed by atoms with E-state index in [-0.39, 0.29) is 6.04 Å². The van der Waals surface area contributed by atoms with Crippen LogP contribution in [0.15, 0.2) is 17.5 Å². The van der Waals surface area contributed by atoms with E-state index >= 15 is 0 Å². The van der Waals surface area contributed by atoms with E-state index in [0.717, 1.165) is 29.4 Å². The average molecular weight is 340 g/mol. The van der Waals surface area contributed by atoms with Gasteiger partial charge in [-0.15, -0.1) is 22.7 Å². The molecule has 0 bridgehead atoms. The Kier molecular flexibility index (Phi) is 4.36. The fraction of sp³-hybridized carbons (Fsp3) is 0.400. The van der Waals surface area contributed by atoms with E-state index in [4.69, 9.17) is 11.6 Å². The zero-order valence-corrected chi connectivity index (χ0v) is 14.7. The van der Waals surface area contributed by atoms with Gasteiger partial charge in [0.1, 0.15) is 0 Å². The first kappa shape index (κ1) is 15.0. The topological polar surface area (TPSA) is 29.9 Å². The normalized spacial score (nSPS) is 13.1. The molecule has 0 aliphatic carbocycles. The van der Waals surface area contributed by atoms with Crippen LogP contribution >= 0.6 is 34.3 Å². The van der Waals surface area contributed by atoms with E-state index in [0.29, 0.717) is 0 Å². The van der Waals surface area contributed by atoms with E-state index in [1.165, 1.54) is 14.3 Å². The molecule has 0 fully saturated rings. The van der Waals surface area contributed by atoms with Crippen molar-refractivity contribution in [2.24, 2.45) is 7.05 Å². The summed E-state index contributed by atoms with van der Waals surface area (Å²) in [5.41, 5.74) is 1.99. The summed E-state index contributed by atoms with van der Waals surface area (Å²) in [6.07, 6.45) is 0.859. The number of thiophene rings is 2. The highest BCUT2D eigenvalue weighted by atomic mass is 35.5. The second-order valence-corrected chi connectivity index (χ2v) is 7.52. The Labute approximate surface area is 137 Å². The van der Waals surface area contributed by atoms with Crippen LogP contribution in [-0.2, 0) is 13.5 Å². The van der Waals surface area contributed by atoms with Crippen molar-refractivity contribution in [3.8, 4) is 0 Å². The molecule has 0 aromatic carbocycles. The Balaban J connectivity index is 1.92. The van der Waals surface area contributed by atoms with Crippen LogP contribution in [0.3, 0.4) is 0 Å². The molecule has 21 heavy (non-hydrogen) atoms. The van der Waals surface area contributed by atoms with Crippen LogP contribution in [-0.4, -0.2) is 16.3 Å². The minimum atomic E-state index is 0.284. The molecule has 0 radical (unpaired) electrons. The van der Waals surface area contributed by atoms with Gasteiger partial charge in [0.15, 0.2) is 0 Å². The van der Waals surface area contributed by atoms with Crippen LogP contribution in [0, 0.1) is 6.92 Å². The van der Waals surface area contributed by atoms with Gasteiger partial charge >= 0.3 is 0 Å². The maximum Gasteiger partial charge on any atom is 0.0847 e. The molecule has 1 atom stereocenters. The minimum absolute atomic E-state index is 0.284. The molecule has 3 heterocycles. The summed E-state index contributed by atoms with van der Waals surface area (Å²) in [4.78, 5) is 1.37. The molecule has 1 N–H and O–H groups in total. The van der Waals surface area contributed by atoms with Crippen molar-refractivity contribution >= 4 is 43.7 Å². The van der Waals surface area contributed by atoms with Crippen LogP contribution in [0.1, 0.15) is 29.2 Å². The van der Waals surface area contributed by atoms with Crippen LogP contribution in [0.2, 0.25) is 5.02 Å². The van der Waals surface area contributed by atoms with Gasteiger partial charge in [0.2, 0.25) is 0 Å². The fourth-order valence-electron chi connectivity index (χ4n) is 2.57. The number of halogens is 1. The number of hydrogen-bond donors (Lipinski definition) is 1. The monoisotopic (exact) mass is 339 g/mol. The van der Waals surface area contributed by atoms with E-state index in [1.807, 2.05) is 30.0 Å². The third-order valence-electron chi connectivity index (χ3n) is 3.61. The Hall–Kier alpha value is -0.880. The van der Waals surface area contributed by atoms with Crippen LogP contribution in [0.4, 0.5) is 0 Å². The van der Waals surface area contributed by atoms with E-state index in [9.17, 15) is 0 Å². The molecule has 0 aliphatic rings. The fourth-order valence-corrected chi connectivity index (χ4v) is 5.00. The maximum atomic E-state index is 6.40. The summed E-state index contributed by atoms with van der Waals surface area (Å²) in [5, 5.41) is 10.9. The lowest BCUT2D eigenvalue weighted by Crippen LogP contribution is -2.23. The van der Waals surface area contributed by atoms with Crippen molar-refractivity contribution in [1.82, 2.24) is 15.1 Å². The summed E-state index contributed by atoms with van der Waals surface area (Å²) in [5.74, 6) is 0. The molecule has 0 aliphatic heterocycles. The van der Waals surface area contributed by atoms with Gasteiger partial charge in [-0.25, -0.2) is 0 Å². The number of fused-ring (bicyclic) bond motifs is 1. The lowest BCUT2D eigenvalue weighted by atomic mass is 10.1. The van der Waals surface area contributed by atoms with Crippen molar-refractivity contribution in [3.63, 3.8) is 0 Å². The largest absolute Gasteiger partial charge is 0.309 e. The third-order valence-corrected chi connectivity index (χ3v) is 6.31. The summed E-state index contributed by atoms with van der Waals surface area (Å²) < 4.78 is 4.63. The van der Waals surface area contributed by atoms with Gasteiger partial charge in [0.25, 0.3) is 0 Å². The molecule has 0 spiro atoms. The first-order valence-corrected chi connectivity index (χ1v) is 9.05. The smallest absolute Gasteiger partial charge is 0.0847 e. The molecule has 1 unspecified atom stereocenters. The number of aryl methyl sites for hydroxylation is 2. The van der Waals surface area contributed by atoms with Gasteiger partial charge in [-0.1, -0.05) is 18.5 Å². The second kappa shape index (κ2) is 6.08. The number of nitrogens with one attached hydrogen (secondary N) is 1. The van der Waals surface area contributed by atoms with Gasteiger partial charge in [-0.2, -0.15) is 5.10 Å². The highest BCUT2D eigenvalue weighted by Gasteiger charge is 2.20. The Bertz CT molecular complexity index is 728. The Morgan fingerprint density at radius 1 is 1.43 bits per heavy atom. The van der Waals surface area contributed by atoms with Gasteiger partial charge in [-0.3, -0.25) is 4.68 Å². The summed E-state index contributed by atoms with van der Waals surface area (Å²) in [6, 6.07) is 4.78. The second-order valence-electron chi connectivity index (χ2n) is 5.08. The number of aromatic nitrogens is 2. The molecule has 0 amide bonds. The number of hydrogen-bond acceptors (Lipinski definition) is 4. The van der Waals surface area contributed by atoms with Gasteiger partial charge in [0, 0.05) is 33.8 Å². The highest BCUT2D eigenvalue weighted by molar-refractivity contribution is 7.26. The quantitative estimate of drug-likeness (QED) is 0.739. The predicted octanol–water partition coefficient (Wildman–Crippen LogP) is 4.55. The van der Waals surface area contributed by atoms with Crippen molar-refractivity contribution in [2.45, 2.75) is 26.3 Å². The molecule has 6 heteroatoms. The third kappa shape index (κ3) is 2.88. The summed E-state index contributed by atoms with van der Waals surface area (Å²) in [7, 11) is 1.96. The lowest BCUT2D eigenvalue weighted by Gasteiger charge is -2.16. The van der Waals surface area contributed by atoms with Crippen molar-refractivity contribution < 1.29 is 0 Å². The van der Waals surface area contributed by atoms with Crippen molar-refractivity contribution in [1.29, 1.82) is 0 Å². The standard InChI is InChI=1S/C15H18ClN3S2/c1-4-17-10(7-11-15(16)9(2)18-19(11)3)13-8-14-12(21-13)5-6-20-14/h5-6,8,10,17H,4,7H2,1-3H3. The molecule has 3 rings (SSSR count). The highest BCUT2D eigenvalue weighted by Crippen LogP contribution is 2.35. The molecule has 0 saturated heterocycles. The first-order valence-electron chi connectivity index (χ1n) is 6.98. The van der Waals surface area contributed by atoms with Crippen molar-refractivity contribution in [2.75, 3.05) is 6.54 Å². The molecule has 3 nitrogen and oxygen atoms in total. The summed E-state index contributed by atoms with van der Waals surface area (Å²) >= 11 is 10.1. The zero-order valence-electron chi connectivity index (χ0n) is 12.3. The van der Waals surface area contributed by atoms with Crippen LogP contribution in [0.25, 0.3) is 9.40 Å². The average Bonchev–Trinajstić information content (AvgIpc) is 3.08. The maximum absolute atomic E-state index is 6.40. The van der Waals surface area contributed by atoms with Crippen molar-refractivity contribution in [3.05, 3.63) is 38.8 Å². The van der Waals surface area contributed by atoms with Gasteiger partial charge < -0.3 is 5.32 Å².